The number of aromatic amines is 1. The zero-order valence-corrected chi connectivity index (χ0v) is 12.4. The molecule has 0 radical (unpaired) electrons. The van der Waals surface area contributed by atoms with E-state index in [4.69, 9.17) is 4.74 Å². The second-order valence-electron chi connectivity index (χ2n) is 5.20. The lowest BCUT2D eigenvalue weighted by atomic mass is 10.1. The fraction of sp³-hybridized carbons (Fsp3) is 0.267. The largest absolute Gasteiger partial charge is 0.442 e. The first kappa shape index (κ1) is 15.0. The maximum Gasteiger partial charge on any atom is 0.414 e. The Morgan fingerprint density at radius 3 is 3.04 bits per heavy atom. The molecule has 0 aliphatic carbocycles. The van der Waals surface area contributed by atoms with Crippen LogP contribution in [0.15, 0.2) is 30.6 Å². The van der Waals surface area contributed by atoms with E-state index in [0.717, 1.165) is 0 Å². The molecule has 2 amide bonds. The Labute approximate surface area is 131 Å². The van der Waals surface area contributed by atoms with Gasteiger partial charge in [0.2, 0.25) is 5.91 Å². The van der Waals surface area contributed by atoms with Crippen LogP contribution in [-0.4, -0.2) is 41.4 Å². The Hall–Kier alpha value is -2.90. The number of carbonyl (C=O) groups excluding carboxylic acids is 2. The van der Waals surface area contributed by atoms with Gasteiger partial charge in [-0.15, -0.1) is 0 Å². The first-order valence-electron chi connectivity index (χ1n) is 7.06. The van der Waals surface area contributed by atoms with Crippen LogP contribution in [0.25, 0.3) is 11.1 Å². The molecule has 120 valence electrons. The van der Waals surface area contributed by atoms with Crippen molar-refractivity contribution < 1.29 is 18.7 Å². The van der Waals surface area contributed by atoms with E-state index in [9.17, 15) is 14.0 Å². The third-order valence-electron chi connectivity index (χ3n) is 3.53. The molecule has 8 heteroatoms. The van der Waals surface area contributed by atoms with E-state index < -0.39 is 18.0 Å². The Morgan fingerprint density at radius 1 is 1.57 bits per heavy atom. The molecule has 2 N–H and O–H groups in total. The molecule has 0 unspecified atom stereocenters. The Morgan fingerprint density at radius 2 is 2.39 bits per heavy atom. The number of amides is 2. The third-order valence-corrected chi connectivity index (χ3v) is 3.53. The second kappa shape index (κ2) is 6.07. The van der Waals surface area contributed by atoms with Crippen molar-refractivity contribution in [1.29, 1.82) is 0 Å². The summed E-state index contributed by atoms with van der Waals surface area (Å²) < 4.78 is 19.4. The van der Waals surface area contributed by atoms with Crippen molar-refractivity contribution >= 4 is 17.7 Å². The van der Waals surface area contributed by atoms with E-state index >= 15 is 0 Å². The van der Waals surface area contributed by atoms with Crippen molar-refractivity contribution in [2.24, 2.45) is 0 Å². The van der Waals surface area contributed by atoms with Crippen molar-refractivity contribution in [2.45, 2.75) is 13.0 Å². The summed E-state index contributed by atoms with van der Waals surface area (Å²) in [6.45, 7) is 1.87. The van der Waals surface area contributed by atoms with Crippen LogP contribution < -0.4 is 10.2 Å². The Bertz CT molecular complexity index is 732. The molecule has 1 aromatic carbocycles. The smallest absolute Gasteiger partial charge is 0.414 e. The first-order chi connectivity index (χ1) is 11.0. The highest BCUT2D eigenvalue weighted by atomic mass is 19.1. The maximum absolute atomic E-state index is 14.3. The average molecular weight is 318 g/mol. The molecular weight excluding hydrogens is 303 g/mol. The summed E-state index contributed by atoms with van der Waals surface area (Å²) in [5, 5.41) is 9.00. The molecule has 1 atom stereocenters. The monoisotopic (exact) mass is 318 g/mol. The number of nitrogens with one attached hydrogen (secondary N) is 2. The number of carbonyl (C=O) groups is 2. The lowest BCUT2D eigenvalue weighted by Gasteiger charge is -2.14. The lowest BCUT2D eigenvalue weighted by Crippen LogP contribution is -2.33. The Balaban J connectivity index is 1.76. The SMILES string of the molecule is CC(=O)NC[C@H]1CN(c2ccc(-c3cn[nH]c3)c(F)c2)C(=O)O1. The second-order valence-corrected chi connectivity index (χ2v) is 5.20. The molecule has 1 aliphatic heterocycles. The van der Waals surface area contributed by atoms with Gasteiger partial charge in [0, 0.05) is 24.2 Å². The summed E-state index contributed by atoms with van der Waals surface area (Å²) >= 11 is 0. The van der Waals surface area contributed by atoms with Crippen LogP contribution in [0.4, 0.5) is 14.9 Å². The Kier molecular flexibility index (Phi) is 3.96. The summed E-state index contributed by atoms with van der Waals surface area (Å²) in [4.78, 5) is 24.2. The summed E-state index contributed by atoms with van der Waals surface area (Å²) in [6, 6.07) is 4.52. The number of H-pyrrole nitrogens is 1. The predicted molar refractivity (Wildman–Crippen MR) is 80.3 cm³/mol. The van der Waals surface area contributed by atoms with Crippen molar-refractivity contribution in [1.82, 2.24) is 15.5 Å². The van der Waals surface area contributed by atoms with Gasteiger partial charge in [-0.05, 0) is 18.2 Å². The number of halogens is 1. The molecule has 7 nitrogen and oxygen atoms in total. The summed E-state index contributed by atoms with van der Waals surface area (Å²) in [5.74, 6) is -0.656. The van der Waals surface area contributed by atoms with E-state index in [1.54, 1.807) is 18.3 Å². The highest BCUT2D eigenvalue weighted by Gasteiger charge is 2.32. The minimum atomic E-state index is -0.559. The van der Waals surface area contributed by atoms with Crippen LogP contribution >= 0.6 is 0 Å². The minimum absolute atomic E-state index is 0.199. The van der Waals surface area contributed by atoms with Crippen LogP contribution in [0.1, 0.15) is 6.92 Å². The number of anilines is 1. The van der Waals surface area contributed by atoms with Crippen molar-refractivity contribution in [3.05, 3.63) is 36.4 Å². The molecule has 2 aromatic rings. The molecule has 1 saturated heterocycles. The normalized spacial score (nSPS) is 17.2. The standard InChI is InChI=1S/C15H15FN4O3/c1-9(21)17-7-12-8-20(15(22)23-12)11-2-3-13(14(16)4-11)10-5-18-19-6-10/h2-6,12H,7-8H2,1H3,(H,17,21)(H,18,19)/t12-/m0/s1. The minimum Gasteiger partial charge on any atom is -0.442 e. The third kappa shape index (κ3) is 3.15. The molecule has 2 heterocycles. The maximum atomic E-state index is 14.3. The van der Waals surface area contributed by atoms with Gasteiger partial charge in [-0.1, -0.05) is 0 Å². The highest BCUT2D eigenvalue weighted by Crippen LogP contribution is 2.28. The fourth-order valence-corrected chi connectivity index (χ4v) is 2.40. The number of benzene rings is 1. The molecule has 0 spiro atoms. The molecule has 1 aromatic heterocycles. The van der Waals surface area contributed by atoms with E-state index in [1.807, 2.05) is 0 Å². The van der Waals surface area contributed by atoms with E-state index in [1.165, 1.54) is 24.1 Å². The van der Waals surface area contributed by atoms with Crippen LogP contribution in [0.3, 0.4) is 0 Å². The molecule has 23 heavy (non-hydrogen) atoms. The zero-order chi connectivity index (χ0) is 16.4. The van der Waals surface area contributed by atoms with E-state index in [2.05, 4.69) is 15.5 Å². The fourth-order valence-electron chi connectivity index (χ4n) is 2.40. The summed E-state index contributed by atoms with van der Waals surface area (Å²) in [5.41, 5.74) is 1.43. The highest BCUT2D eigenvalue weighted by molar-refractivity contribution is 5.90. The van der Waals surface area contributed by atoms with Gasteiger partial charge in [-0.3, -0.25) is 14.8 Å². The summed E-state index contributed by atoms with van der Waals surface area (Å²) in [6.07, 6.45) is 2.09. The average Bonchev–Trinajstić information content (AvgIpc) is 3.14. The molecule has 0 saturated carbocycles. The number of aromatic nitrogens is 2. The van der Waals surface area contributed by atoms with Gasteiger partial charge < -0.3 is 10.1 Å². The van der Waals surface area contributed by atoms with Gasteiger partial charge in [-0.25, -0.2) is 9.18 Å². The number of cyclic esters (lactones) is 1. The van der Waals surface area contributed by atoms with Crippen LogP contribution in [0.5, 0.6) is 0 Å². The van der Waals surface area contributed by atoms with Gasteiger partial charge in [0.15, 0.2) is 0 Å². The number of hydrogen-bond acceptors (Lipinski definition) is 4. The van der Waals surface area contributed by atoms with Gasteiger partial charge in [0.05, 0.1) is 25.0 Å². The van der Waals surface area contributed by atoms with Crippen LogP contribution in [0.2, 0.25) is 0 Å². The molecule has 1 fully saturated rings. The van der Waals surface area contributed by atoms with Gasteiger partial charge in [0.25, 0.3) is 0 Å². The topological polar surface area (TPSA) is 87.3 Å². The number of nitrogens with zero attached hydrogens (tertiary/aromatic N) is 2. The number of ether oxygens (including phenoxy) is 1. The quantitative estimate of drug-likeness (QED) is 0.898. The van der Waals surface area contributed by atoms with Crippen LogP contribution in [0, 0.1) is 5.82 Å². The lowest BCUT2D eigenvalue weighted by molar-refractivity contribution is -0.119. The van der Waals surface area contributed by atoms with E-state index in [-0.39, 0.29) is 19.0 Å². The summed E-state index contributed by atoms with van der Waals surface area (Å²) in [7, 11) is 0. The van der Waals surface area contributed by atoms with Crippen molar-refractivity contribution in [3.8, 4) is 11.1 Å². The molecule has 1 aliphatic rings. The van der Waals surface area contributed by atoms with Crippen LogP contribution in [-0.2, 0) is 9.53 Å². The molecular formula is C15H15FN4O3. The zero-order valence-electron chi connectivity index (χ0n) is 12.4. The van der Waals surface area contributed by atoms with Gasteiger partial charge >= 0.3 is 6.09 Å². The van der Waals surface area contributed by atoms with Crippen molar-refractivity contribution in [3.63, 3.8) is 0 Å². The molecule has 0 bridgehead atoms. The van der Waals surface area contributed by atoms with Crippen molar-refractivity contribution in [2.75, 3.05) is 18.0 Å². The number of rotatable bonds is 4. The van der Waals surface area contributed by atoms with Gasteiger partial charge in [0.1, 0.15) is 11.9 Å². The molecule has 3 rings (SSSR count). The van der Waals surface area contributed by atoms with E-state index in [0.29, 0.717) is 16.8 Å². The first-order valence-corrected chi connectivity index (χ1v) is 7.06. The predicted octanol–water partition coefficient (Wildman–Crippen LogP) is 1.68. The van der Waals surface area contributed by atoms with Gasteiger partial charge in [-0.2, -0.15) is 5.10 Å². The number of hydrogen-bond donors (Lipinski definition) is 2.